The van der Waals surface area contributed by atoms with Gasteiger partial charge in [0.15, 0.2) is 0 Å². The number of benzene rings is 5. The Hall–Kier alpha value is -4.69. The van der Waals surface area contributed by atoms with Crippen molar-refractivity contribution in [2.75, 3.05) is 0 Å². The molecule has 0 saturated carbocycles. The Balaban J connectivity index is 0.000000273. The van der Waals surface area contributed by atoms with Crippen LogP contribution < -0.4 is 0 Å². The average Bonchev–Trinajstić information content (AvgIpc) is 3.40. The normalized spacial score (nSPS) is 11.7. The van der Waals surface area contributed by atoms with Crippen LogP contribution in [0.15, 0.2) is 145 Å². The summed E-state index contributed by atoms with van der Waals surface area (Å²) in [7, 11) is 0. The van der Waals surface area contributed by atoms with Crippen molar-refractivity contribution in [2.45, 2.75) is 40.2 Å². The molecule has 0 aliphatic heterocycles. The molecule has 1 atom stereocenters. The van der Waals surface area contributed by atoms with E-state index in [-0.39, 0.29) is 6.04 Å². The Bertz CT molecular complexity index is 1640. The first-order chi connectivity index (χ1) is 20.2. The maximum absolute atomic E-state index is 3.91. The Morgan fingerprint density at radius 3 is 1.71 bits per heavy atom. The molecule has 0 bridgehead atoms. The molecular weight excluding hydrogens is 496 g/mol. The van der Waals surface area contributed by atoms with Crippen LogP contribution in [0.3, 0.4) is 0 Å². The lowest BCUT2D eigenvalue weighted by molar-refractivity contribution is 0.828. The van der Waals surface area contributed by atoms with Gasteiger partial charge < -0.3 is 4.57 Å². The summed E-state index contributed by atoms with van der Waals surface area (Å²) in [6.45, 7) is 11.7. The summed E-state index contributed by atoms with van der Waals surface area (Å²) in [5, 5.41) is 2.59. The molecule has 1 unspecified atom stereocenters. The molecule has 6 rings (SSSR count). The molecular formula is C39H40N2. The highest BCUT2D eigenvalue weighted by Gasteiger charge is 2.11. The van der Waals surface area contributed by atoms with Gasteiger partial charge in [-0.25, -0.2) is 0 Å². The standard InChI is InChI=1S/C28H23N.C9H11N.C2H6/c1-21(15-16-22-9-3-2-4-10-22)23-17-19-24(20-18-23)29-27-13-7-5-11-25(27)26-12-6-8-14-28(26)29;1-8(10-2)9-6-4-3-5-7-9;1-2/h2-15,17-20H,16H2,1H3;3-8H,2H2,1H3;1-2H3/b21-15+;;. The van der Waals surface area contributed by atoms with E-state index in [0.717, 1.165) is 6.42 Å². The third-order valence-electron chi connectivity index (χ3n) is 7.20. The molecule has 0 aliphatic carbocycles. The fraction of sp³-hybridized carbons (Fsp3) is 0.154. The summed E-state index contributed by atoms with van der Waals surface area (Å²) in [6, 6.07) is 47.2. The van der Waals surface area contributed by atoms with E-state index in [2.05, 4.69) is 145 Å². The summed E-state index contributed by atoms with van der Waals surface area (Å²) in [5.74, 6) is 0. The Kier molecular flexibility index (Phi) is 10.5. The van der Waals surface area contributed by atoms with E-state index in [4.69, 9.17) is 0 Å². The quantitative estimate of drug-likeness (QED) is 0.188. The zero-order valence-electron chi connectivity index (χ0n) is 24.7. The number of nitrogens with zero attached hydrogens (tertiary/aromatic N) is 2. The summed E-state index contributed by atoms with van der Waals surface area (Å²) in [5.41, 5.74) is 8.83. The molecule has 2 heteroatoms. The number of hydrogen-bond acceptors (Lipinski definition) is 1. The van der Waals surface area contributed by atoms with Gasteiger partial charge in [0.25, 0.3) is 0 Å². The molecule has 0 spiro atoms. The van der Waals surface area contributed by atoms with Crippen LogP contribution in [0.25, 0.3) is 33.1 Å². The maximum atomic E-state index is 3.91. The highest BCUT2D eigenvalue weighted by atomic mass is 15.0. The molecule has 0 aliphatic rings. The smallest absolute Gasteiger partial charge is 0.0713 e. The van der Waals surface area contributed by atoms with Gasteiger partial charge >= 0.3 is 0 Å². The number of para-hydroxylation sites is 2. The lowest BCUT2D eigenvalue weighted by atomic mass is 10.0. The minimum Gasteiger partial charge on any atom is -0.309 e. The van der Waals surface area contributed by atoms with Gasteiger partial charge in [-0.2, -0.15) is 0 Å². The van der Waals surface area contributed by atoms with Crippen molar-refractivity contribution < 1.29 is 0 Å². The second-order valence-electron chi connectivity index (χ2n) is 9.76. The van der Waals surface area contributed by atoms with Crippen molar-refractivity contribution in [1.29, 1.82) is 0 Å². The predicted octanol–water partition coefficient (Wildman–Crippen LogP) is 10.9. The lowest BCUT2D eigenvalue weighted by Gasteiger charge is -2.09. The van der Waals surface area contributed by atoms with Crippen LogP contribution in [0, 0.1) is 0 Å². The zero-order valence-corrected chi connectivity index (χ0v) is 24.7. The van der Waals surface area contributed by atoms with Crippen LogP contribution in [0.2, 0.25) is 0 Å². The van der Waals surface area contributed by atoms with Gasteiger partial charge in [0.2, 0.25) is 0 Å². The molecule has 1 aromatic heterocycles. The predicted molar refractivity (Wildman–Crippen MR) is 180 cm³/mol. The fourth-order valence-electron chi connectivity index (χ4n) is 4.91. The van der Waals surface area contributed by atoms with Crippen LogP contribution in [0.4, 0.5) is 0 Å². The first kappa shape index (κ1) is 29.3. The number of hydrogen-bond donors (Lipinski definition) is 0. The Morgan fingerprint density at radius 1 is 0.683 bits per heavy atom. The first-order valence-corrected chi connectivity index (χ1v) is 14.5. The highest BCUT2D eigenvalue weighted by Crippen LogP contribution is 2.32. The van der Waals surface area contributed by atoms with Crippen molar-refractivity contribution in [3.63, 3.8) is 0 Å². The van der Waals surface area contributed by atoms with Crippen molar-refractivity contribution in [2.24, 2.45) is 4.99 Å². The summed E-state index contributed by atoms with van der Waals surface area (Å²) in [4.78, 5) is 3.91. The third kappa shape index (κ3) is 7.10. The van der Waals surface area contributed by atoms with Crippen molar-refractivity contribution in [3.8, 4) is 5.69 Å². The van der Waals surface area contributed by atoms with Crippen LogP contribution in [-0.4, -0.2) is 11.3 Å². The third-order valence-corrected chi connectivity index (χ3v) is 7.20. The summed E-state index contributed by atoms with van der Waals surface area (Å²) in [6.07, 6.45) is 3.27. The van der Waals surface area contributed by atoms with Crippen molar-refractivity contribution in [3.05, 3.63) is 156 Å². The van der Waals surface area contributed by atoms with Gasteiger partial charge in [0, 0.05) is 16.5 Å². The number of allylic oxidation sites excluding steroid dienone is 2. The monoisotopic (exact) mass is 536 g/mol. The molecule has 2 nitrogen and oxygen atoms in total. The molecule has 0 saturated heterocycles. The number of aliphatic imine (C=N–C) groups is 1. The SMILES string of the molecule is C/C(=C\Cc1ccccc1)c1ccc(-n2c3ccccc3c3ccccc32)cc1.C=NC(C)c1ccccc1.CC. The first-order valence-electron chi connectivity index (χ1n) is 14.5. The molecule has 1 heterocycles. The number of fused-ring (bicyclic) bond motifs is 3. The fourth-order valence-corrected chi connectivity index (χ4v) is 4.91. The Labute approximate surface area is 245 Å². The molecule has 41 heavy (non-hydrogen) atoms. The van der Waals surface area contributed by atoms with Crippen molar-refractivity contribution >= 4 is 34.1 Å². The minimum atomic E-state index is 0.223. The van der Waals surface area contributed by atoms with E-state index in [9.17, 15) is 0 Å². The van der Waals surface area contributed by atoms with Gasteiger partial charge in [0.1, 0.15) is 0 Å². The highest BCUT2D eigenvalue weighted by molar-refractivity contribution is 6.09. The maximum Gasteiger partial charge on any atom is 0.0713 e. The van der Waals surface area contributed by atoms with Gasteiger partial charge in [-0.05, 0) is 73.5 Å². The summed E-state index contributed by atoms with van der Waals surface area (Å²) < 4.78 is 2.36. The average molecular weight is 537 g/mol. The number of rotatable bonds is 6. The zero-order chi connectivity index (χ0) is 29.0. The molecule has 6 aromatic rings. The molecule has 0 N–H and O–H groups in total. The van der Waals surface area contributed by atoms with E-state index < -0.39 is 0 Å². The number of aromatic nitrogens is 1. The van der Waals surface area contributed by atoms with E-state index in [1.54, 1.807) is 0 Å². The van der Waals surface area contributed by atoms with Gasteiger partial charge in [-0.1, -0.05) is 129 Å². The lowest BCUT2D eigenvalue weighted by Crippen LogP contribution is -1.94. The van der Waals surface area contributed by atoms with E-state index >= 15 is 0 Å². The van der Waals surface area contributed by atoms with E-state index in [1.165, 1.54) is 49.8 Å². The van der Waals surface area contributed by atoms with Crippen LogP contribution >= 0.6 is 0 Å². The second-order valence-corrected chi connectivity index (χ2v) is 9.76. The van der Waals surface area contributed by atoms with Crippen LogP contribution in [0.1, 0.15) is 50.4 Å². The van der Waals surface area contributed by atoms with Crippen LogP contribution in [-0.2, 0) is 6.42 Å². The molecule has 0 fully saturated rings. The topological polar surface area (TPSA) is 17.3 Å². The van der Waals surface area contributed by atoms with Gasteiger partial charge in [-0.15, -0.1) is 0 Å². The van der Waals surface area contributed by atoms with Gasteiger partial charge in [0.05, 0.1) is 17.1 Å². The van der Waals surface area contributed by atoms with E-state index in [1.807, 2.05) is 39.0 Å². The Morgan fingerprint density at radius 2 is 1.17 bits per heavy atom. The molecule has 5 aromatic carbocycles. The molecule has 0 radical (unpaired) electrons. The molecule has 0 amide bonds. The minimum absolute atomic E-state index is 0.223. The molecule has 206 valence electrons. The largest absolute Gasteiger partial charge is 0.309 e. The summed E-state index contributed by atoms with van der Waals surface area (Å²) >= 11 is 0. The van der Waals surface area contributed by atoms with Crippen molar-refractivity contribution in [1.82, 2.24) is 4.57 Å². The van der Waals surface area contributed by atoms with Crippen LogP contribution in [0.5, 0.6) is 0 Å². The van der Waals surface area contributed by atoms with Gasteiger partial charge in [-0.3, -0.25) is 4.99 Å². The second kappa shape index (κ2) is 14.6. The van der Waals surface area contributed by atoms with E-state index in [0.29, 0.717) is 0 Å².